The van der Waals surface area contributed by atoms with E-state index in [0.717, 1.165) is 23.4 Å². The number of rotatable bonds is 1. The monoisotopic (exact) mass is 254 g/mol. The molecule has 0 unspecified atom stereocenters. The largest absolute Gasteiger partial charge is 0.356 e. The van der Waals surface area contributed by atoms with Gasteiger partial charge >= 0.3 is 0 Å². The molecule has 1 saturated heterocycles. The van der Waals surface area contributed by atoms with Gasteiger partial charge in [-0.25, -0.2) is 4.98 Å². The SMILES string of the molecule is Cc1cc(Br)cnc1N1CCCCC1. The van der Waals surface area contributed by atoms with E-state index in [-0.39, 0.29) is 0 Å². The van der Waals surface area contributed by atoms with Crippen molar-refractivity contribution < 1.29 is 0 Å². The normalized spacial score (nSPS) is 17.1. The molecule has 0 N–H and O–H groups in total. The Morgan fingerprint density at radius 3 is 2.64 bits per heavy atom. The van der Waals surface area contributed by atoms with Crippen LogP contribution in [-0.2, 0) is 0 Å². The van der Waals surface area contributed by atoms with Crippen molar-refractivity contribution in [2.75, 3.05) is 18.0 Å². The highest BCUT2D eigenvalue weighted by atomic mass is 79.9. The summed E-state index contributed by atoms with van der Waals surface area (Å²) in [4.78, 5) is 6.87. The van der Waals surface area contributed by atoms with Gasteiger partial charge in [0.25, 0.3) is 0 Å². The van der Waals surface area contributed by atoms with Crippen molar-refractivity contribution in [3.8, 4) is 0 Å². The molecule has 0 amide bonds. The van der Waals surface area contributed by atoms with Crippen LogP contribution in [0, 0.1) is 6.92 Å². The minimum atomic E-state index is 1.07. The maximum atomic E-state index is 4.48. The van der Waals surface area contributed by atoms with Crippen LogP contribution in [0.15, 0.2) is 16.7 Å². The van der Waals surface area contributed by atoms with Gasteiger partial charge in [-0.1, -0.05) is 0 Å². The maximum Gasteiger partial charge on any atom is 0.131 e. The zero-order chi connectivity index (χ0) is 9.97. The molecule has 2 rings (SSSR count). The second kappa shape index (κ2) is 4.30. The van der Waals surface area contributed by atoms with E-state index in [1.165, 1.54) is 24.8 Å². The topological polar surface area (TPSA) is 16.1 Å². The summed E-state index contributed by atoms with van der Waals surface area (Å²) in [5.74, 6) is 1.16. The summed E-state index contributed by atoms with van der Waals surface area (Å²) in [6.45, 7) is 4.45. The molecule has 0 bridgehead atoms. The van der Waals surface area contributed by atoms with Gasteiger partial charge in [0.05, 0.1) is 0 Å². The summed E-state index contributed by atoms with van der Waals surface area (Å²) in [7, 11) is 0. The molecule has 14 heavy (non-hydrogen) atoms. The molecule has 3 heteroatoms. The Bertz CT molecular complexity index is 319. The molecular formula is C11H15BrN2. The van der Waals surface area contributed by atoms with Crippen LogP contribution in [0.25, 0.3) is 0 Å². The van der Waals surface area contributed by atoms with E-state index in [2.05, 4.69) is 38.8 Å². The van der Waals surface area contributed by atoms with Crippen molar-refractivity contribution >= 4 is 21.7 Å². The Labute approximate surface area is 93.5 Å². The first-order valence-electron chi connectivity index (χ1n) is 5.14. The standard InChI is InChI=1S/C11H15BrN2/c1-9-7-10(12)8-13-11(9)14-5-3-2-4-6-14/h7-8H,2-6H2,1H3. The maximum absolute atomic E-state index is 4.48. The van der Waals surface area contributed by atoms with Gasteiger partial charge in [-0.2, -0.15) is 0 Å². The van der Waals surface area contributed by atoms with Gasteiger partial charge in [-0.3, -0.25) is 0 Å². The molecule has 1 aliphatic heterocycles. The number of anilines is 1. The first-order valence-corrected chi connectivity index (χ1v) is 5.94. The average Bonchev–Trinajstić information content (AvgIpc) is 2.19. The van der Waals surface area contributed by atoms with E-state index in [1.54, 1.807) is 0 Å². The molecule has 76 valence electrons. The lowest BCUT2D eigenvalue weighted by atomic mass is 10.1. The molecule has 0 radical (unpaired) electrons. The zero-order valence-electron chi connectivity index (χ0n) is 8.46. The fourth-order valence-corrected chi connectivity index (χ4v) is 2.42. The van der Waals surface area contributed by atoms with Gasteiger partial charge in [0, 0.05) is 23.8 Å². The van der Waals surface area contributed by atoms with Gasteiger partial charge in [-0.05, 0) is 53.7 Å². The molecule has 2 heterocycles. The van der Waals surface area contributed by atoms with Crippen molar-refractivity contribution in [2.24, 2.45) is 0 Å². The number of hydrogen-bond acceptors (Lipinski definition) is 2. The van der Waals surface area contributed by atoms with E-state index in [9.17, 15) is 0 Å². The number of nitrogens with zero attached hydrogens (tertiary/aromatic N) is 2. The number of pyridine rings is 1. The number of halogens is 1. The summed E-state index contributed by atoms with van der Waals surface area (Å²) < 4.78 is 1.07. The fourth-order valence-electron chi connectivity index (χ4n) is 1.97. The van der Waals surface area contributed by atoms with Crippen LogP contribution in [0.4, 0.5) is 5.82 Å². The molecule has 0 atom stereocenters. The van der Waals surface area contributed by atoms with Crippen LogP contribution in [0.2, 0.25) is 0 Å². The predicted octanol–water partition coefficient (Wildman–Crippen LogP) is 3.14. The smallest absolute Gasteiger partial charge is 0.131 e. The van der Waals surface area contributed by atoms with E-state index >= 15 is 0 Å². The Morgan fingerprint density at radius 1 is 1.29 bits per heavy atom. The van der Waals surface area contributed by atoms with Crippen LogP contribution in [0.1, 0.15) is 24.8 Å². The van der Waals surface area contributed by atoms with Crippen LogP contribution in [-0.4, -0.2) is 18.1 Å². The van der Waals surface area contributed by atoms with Crippen molar-refractivity contribution in [1.82, 2.24) is 4.98 Å². The van der Waals surface area contributed by atoms with Crippen molar-refractivity contribution in [1.29, 1.82) is 0 Å². The average molecular weight is 255 g/mol. The predicted molar refractivity (Wildman–Crippen MR) is 62.7 cm³/mol. The van der Waals surface area contributed by atoms with Gasteiger partial charge in [0.2, 0.25) is 0 Å². The molecule has 0 aromatic carbocycles. The van der Waals surface area contributed by atoms with E-state index in [1.807, 2.05) is 6.20 Å². The van der Waals surface area contributed by atoms with Gasteiger partial charge in [0.1, 0.15) is 5.82 Å². The third-order valence-corrected chi connectivity index (χ3v) is 3.11. The lowest BCUT2D eigenvalue weighted by Crippen LogP contribution is -2.30. The third kappa shape index (κ3) is 2.08. The molecule has 1 aromatic rings. The second-order valence-electron chi connectivity index (χ2n) is 3.84. The van der Waals surface area contributed by atoms with Crippen LogP contribution in [0.3, 0.4) is 0 Å². The molecule has 0 saturated carbocycles. The second-order valence-corrected chi connectivity index (χ2v) is 4.76. The van der Waals surface area contributed by atoms with Crippen molar-refractivity contribution in [2.45, 2.75) is 26.2 Å². The Kier molecular flexibility index (Phi) is 3.06. The molecular weight excluding hydrogens is 240 g/mol. The van der Waals surface area contributed by atoms with Crippen molar-refractivity contribution in [3.05, 3.63) is 22.3 Å². The Balaban J connectivity index is 2.22. The highest BCUT2D eigenvalue weighted by molar-refractivity contribution is 9.10. The fraction of sp³-hybridized carbons (Fsp3) is 0.545. The molecule has 2 nitrogen and oxygen atoms in total. The Hall–Kier alpha value is -0.570. The van der Waals surface area contributed by atoms with Gasteiger partial charge in [-0.15, -0.1) is 0 Å². The minimum Gasteiger partial charge on any atom is -0.356 e. The number of aryl methyl sites for hydroxylation is 1. The van der Waals surface area contributed by atoms with E-state index < -0.39 is 0 Å². The molecule has 1 aromatic heterocycles. The first kappa shape index (κ1) is 9.97. The number of piperidine rings is 1. The van der Waals surface area contributed by atoms with Crippen LogP contribution < -0.4 is 4.90 Å². The lowest BCUT2D eigenvalue weighted by molar-refractivity contribution is 0.572. The van der Waals surface area contributed by atoms with Crippen LogP contribution in [0.5, 0.6) is 0 Å². The summed E-state index contributed by atoms with van der Waals surface area (Å²) >= 11 is 3.44. The molecule has 0 aliphatic carbocycles. The summed E-state index contributed by atoms with van der Waals surface area (Å²) in [6, 6.07) is 2.14. The summed E-state index contributed by atoms with van der Waals surface area (Å²) in [5, 5.41) is 0. The van der Waals surface area contributed by atoms with E-state index in [0.29, 0.717) is 0 Å². The molecule has 0 spiro atoms. The summed E-state index contributed by atoms with van der Waals surface area (Å²) in [6.07, 6.45) is 5.86. The molecule has 1 aliphatic rings. The summed E-state index contributed by atoms with van der Waals surface area (Å²) in [5.41, 5.74) is 1.27. The Morgan fingerprint density at radius 2 is 2.00 bits per heavy atom. The molecule has 1 fully saturated rings. The minimum absolute atomic E-state index is 1.07. The number of hydrogen-bond donors (Lipinski definition) is 0. The first-order chi connectivity index (χ1) is 6.77. The highest BCUT2D eigenvalue weighted by Crippen LogP contribution is 2.23. The lowest BCUT2D eigenvalue weighted by Gasteiger charge is -2.28. The van der Waals surface area contributed by atoms with Gasteiger partial charge < -0.3 is 4.90 Å². The van der Waals surface area contributed by atoms with Crippen molar-refractivity contribution in [3.63, 3.8) is 0 Å². The van der Waals surface area contributed by atoms with Crippen LogP contribution >= 0.6 is 15.9 Å². The quantitative estimate of drug-likeness (QED) is 0.766. The third-order valence-electron chi connectivity index (χ3n) is 2.67. The zero-order valence-corrected chi connectivity index (χ0v) is 10.0. The van der Waals surface area contributed by atoms with E-state index in [4.69, 9.17) is 0 Å². The number of aromatic nitrogens is 1. The van der Waals surface area contributed by atoms with Gasteiger partial charge in [0.15, 0.2) is 0 Å². The highest BCUT2D eigenvalue weighted by Gasteiger charge is 2.13.